The number of nitrogens with zero attached hydrogens (tertiary/aromatic N) is 2. The van der Waals surface area contributed by atoms with Gasteiger partial charge in [0, 0.05) is 44.8 Å². The topological polar surface area (TPSA) is 41.7 Å². The fourth-order valence-electron chi connectivity index (χ4n) is 2.85. The third-order valence-electron chi connectivity index (χ3n) is 4.11. The first-order chi connectivity index (χ1) is 8.06. The molecule has 2 rings (SSSR count). The van der Waals surface area contributed by atoms with Crippen molar-refractivity contribution in [2.24, 2.45) is 11.7 Å². The van der Waals surface area contributed by atoms with Crippen molar-refractivity contribution < 1.29 is 4.74 Å². The van der Waals surface area contributed by atoms with Crippen LogP contribution in [0, 0.1) is 5.92 Å². The van der Waals surface area contributed by atoms with E-state index >= 15 is 0 Å². The number of nitrogens with two attached hydrogens (primary N) is 1. The fourth-order valence-corrected chi connectivity index (χ4v) is 2.85. The first-order valence-electron chi connectivity index (χ1n) is 6.90. The Hall–Kier alpha value is -0.160. The summed E-state index contributed by atoms with van der Waals surface area (Å²) in [6.45, 7) is 13.0. The summed E-state index contributed by atoms with van der Waals surface area (Å²) < 4.78 is 5.87. The molecule has 0 amide bonds. The highest BCUT2D eigenvalue weighted by atomic mass is 16.5. The second-order valence-corrected chi connectivity index (χ2v) is 5.94. The molecule has 3 atom stereocenters. The average molecular weight is 241 g/mol. The molecule has 17 heavy (non-hydrogen) atoms. The predicted molar refractivity (Wildman–Crippen MR) is 70.0 cm³/mol. The molecular formula is C13H27N3O. The van der Waals surface area contributed by atoms with E-state index in [1.807, 2.05) is 0 Å². The molecule has 0 bridgehead atoms. The van der Waals surface area contributed by atoms with Gasteiger partial charge in [0.2, 0.25) is 0 Å². The lowest BCUT2D eigenvalue weighted by Gasteiger charge is -2.37. The van der Waals surface area contributed by atoms with Crippen molar-refractivity contribution in [3.63, 3.8) is 0 Å². The Kier molecular flexibility index (Phi) is 4.42. The smallest absolute Gasteiger partial charge is 0.0829 e. The Morgan fingerprint density at radius 3 is 2.65 bits per heavy atom. The van der Waals surface area contributed by atoms with Gasteiger partial charge in [0.25, 0.3) is 0 Å². The first-order valence-corrected chi connectivity index (χ1v) is 6.90. The lowest BCUT2D eigenvalue weighted by atomic mass is 10.1. The van der Waals surface area contributed by atoms with E-state index in [4.69, 9.17) is 10.5 Å². The Morgan fingerprint density at radius 2 is 2.06 bits per heavy atom. The van der Waals surface area contributed by atoms with Crippen molar-refractivity contribution in [3.05, 3.63) is 0 Å². The standard InChI is InChI=1S/C13H27N3O/c1-10(2)16-4-5-17-12(8-16)7-15-6-11(3)13(14)9-15/h10-13H,4-9,14H2,1-3H3. The molecule has 4 nitrogen and oxygen atoms in total. The van der Waals surface area contributed by atoms with E-state index in [9.17, 15) is 0 Å². The van der Waals surface area contributed by atoms with Crippen molar-refractivity contribution in [1.82, 2.24) is 9.80 Å². The third-order valence-corrected chi connectivity index (χ3v) is 4.11. The van der Waals surface area contributed by atoms with Gasteiger partial charge in [-0.05, 0) is 19.8 Å². The van der Waals surface area contributed by atoms with Gasteiger partial charge in [-0.25, -0.2) is 0 Å². The summed E-state index contributed by atoms with van der Waals surface area (Å²) in [5.41, 5.74) is 6.06. The summed E-state index contributed by atoms with van der Waals surface area (Å²) in [6, 6.07) is 0.973. The molecule has 3 unspecified atom stereocenters. The minimum Gasteiger partial charge on any atom is -0.374 e. The molecule has 0 aromatic rings. The largest absolute Gasteiger partial charge is 0.374 e. The molecule has 0 spiro atoms. The zero-order valence-electron chi connectivity index (χ0n) is 11.4. The second kappa shape index (κ2) is 5.65. The van der Waals surface area contributed by atoms with Crippen LogP contribution in [0.25, 0.3) is 0 Å². The van der Waals surface area contributed by atoms with E-state index in [1.54, 1.807) is 0 Å². The van der Waals surface area contributed by atoms with Gasteiger partial charge in [-0.2, -0.15) is 0 Å². The minimum absolute atomic E-state index is 0.347. The van der Waals surface area contributed by atoms with Crippen LogP contribution in [0.2, 0.25) is 0 Å². The van der Waals surface area contributed by atoms with Gasteiger partial charge in [-0.15, -0.1) is 0 Å². The summed E-state index contributed by atoms with van der Waals surface area (Å²) in [5.74, 6) is 0.625. The van der Waals surface area contributed by atoms with Crippen molar-refractivity contribution in [2.75, 3.05) is 39.3 Å². The summed E-state index contributed by atoms with van der Waals surface area (Å²) in [7, 11) is 0. The summed E-state index contributed by atoms with van der Waals surface area (Å²) >= 11 is 0. The van der Waals surface area contributed by atoms with Gasteiger partial charge in [0.1, 0.15) is 0 Å². The maximum Gasteiger partial charge on any atom is 0.0829 e. The maximum absolute atomic E-state index is 6.06. The van der Waals surface area contributed by atoms with Crippen molar-refractivity contribution in [2.45, 2.75) is 39.0 Å². The Bertz CT molecular complexity index is 237. The number of rotatable bonds is 3. The molecule has 0 aromatic carbocycles. The van der Waals surface area contributed by atoms with Gasteiger partial charge >= 0.3 is 0 Å². The van der Waals surface area contributed by atoms with E-state index in [2.05, 4.69) is 30.6 Å². The lowest BCUT2D eigenvalue weighted by Crippen LogP contribution is -2.49. The van der Waals surface area contributed by atoms with Crippen molar-refractivity contribution in [3.8, 4) is 0 Å². The number of likely N-dealkylation sites (tertiary alicyclic amines) is 1. The van der Waals surface area contributed by atoms with Gasteiger partial charge in [-0.1, -0.05) is 6.92 Å². The molecule has 0 aromatic heterocycles. The van der Waals surface area contributed by atoms with Crippen LogP contribution in [0.3, 0.4) is 0 Å². The van der Waals surface area contributed by atoms with E-state index in [-0.39, 0.29) is 0 Å². The molecule has 2 fully saturated rings. The fraction of sp³-hybridized carbons (Fsp3) is 1.00. The molecule has 0 saturated carbocycles. The number of hydrogen-bond acceptors (Lipinski definition) is 4. The SMILES string of the molecule is CC1CN(CC2CN(C(C)C)CCO2)CC1N. The molecule has 4 heteroatoms. The number of ether oxygens (including phenoxy) is 1. The highest BCUT2D eigenvalue weighted by Crippen LogP contribution is 2.17. The van der Waals surface area contributed by atoms with Gasteiger partial charge < -0.3 is 10.5 Å². The molecule has 2 aliphatic rings. The number of hydrogen-bond donors (Lipinski definition) is 1. The molecule has 100 valence electrons. The van der Waals surface area contributed by atoms with Crippen LogP contribution in [0.4, 0.5) is 0 Å². The van der Waals surface area contributed by atoms with Gasteiger partial charge in [0.15, 0.2) is 0 Å². The van der Waals surface area contributed by atoms with Crippen LogP contribution >= 0.6 is 0 Å². The third kappa shape index (κ3) is 3.41. The summed E-state index contributed by atoms with van der Waals surface area (Å²) in [4.78, 5) is 4.97. The van der Waals surface area contributed by atoms with Gasteiger partial charge in [-0.3, -0.25) is 9.80 Å². The Morgan fingerprint density at radius 1 is 1.29 bits per heavy atom. The van der Waals surface area contributed by atoms with Crippen LogP contribution in [0.15, 0.2) is 0 Å². The quantitative estimate of drug-likeness (QED) is 0.775. The highest BCUT2D eigenvalue weighted by molar-refractivity contribution is 4.86. The van der Waals surface area contributed by atoms with Crippen LogP contribution in [-0.4, -0.2) is 67.3 Å². The summed E-state index contributed by atoms with van der Waals surface area (Å²) in [6.07, 6.45) is 0.364. The first kappa shape index (κ1) is 13.3. The van der Waals surface area contributed by atoms with Crippen LogP contribution in [0.5, 0.6) is 0 Å². The summed E-state index contributed by atoms with van der Waals surface area (Å²) in [5, 5.41) is 0. The van der Waals surface area contributed by atoms with Crippen LogP contribution in [0.1, 0.15) is 20.8 Å². The van der Waals surface area contributed by atoms with Gasteiger partial charge in [0.05, 0.1) is 12.7 Å². The van der Waals surface area contributed by atoms with E-state index < -0.39 is 0 Å². The highest BCUT2D eigenvalue weighted by Gasteiger charge is 2.30. The molecule has 0 aliphatic carbocycles. The average Bonchev–Trinajstić information content (AvgIpc) is 2.58. The maximum atomic E-state index is 6.06. The second-order valence-electron chi connectivity index (χ2n) is 5.94. The monoisotopic (exact) mass is 241 g/mol. The lowest BCUT2D eigenvalue weighted by molar-refractivity contribution is -0.0501. The Balaban J connectivity index is 1.79. The van der Waals surface area contributed by atoms with E-state index in [0.29, 0.717) is 24.1 Å². The zero-order chi connectivity index (χ0) is 12.4. The van der Waals surface area contributed by atoms with Crippen LogP contribution < -0.4 is 5.73 Å². The normalized spacial score (nSPS) is 36.9. The van der Waals surface area contributed by atoms with Crippen molar-refractivity contribution >= 4 is 0 Å². The van der Waals surface area contributed by atoms with Crippen LogP contribution in [-0.2, 0) is 4.74 Å². The molecule has 2 heterocycles. The van der Waals surface area contributed by atoms with E-state index in [1.165, 1.54) is 0 Å². The molecule has 2 aliphatic heterocycles. The van der Waals surface area contributed by atoms with Crippen molar-refractivity contribution in [1.29, 1.82) is 0 Å². The molecule has 2 saturated heterocycles. The minimum atomic E-state index is 0.347. The van der Waals surface area contributed by atoms with E-state index in [0.717, 1.165) is 39.3 Å². The zero-order valence-corrected chi connectivity index (χ0v) is 11.4. The molecule has 0 radical (unpaired) electrons. The molecule has 2 N–H and O–H groups in total. The Labute approximate surface area is 105 Å². The molecular weight excluding hydrogens is 214 g/mol. The number of morpholine rings is 1. The predicted octanol–water partition coefficient (Wildman–Crippen LogP) is 0.375.